The van der Waals surface area contributed by atoms with E-state index in [1.165, 1.54) is 0 Å². The maximum Gasteiger partial charge on any atom is 0.332 e. The van der Waals surface area contributed by atoms with Gasteiger partial charge in [-0.3, -0.25) is 4.72 Å². The average molecular weight is 299 g/mol. The summed E-state index contributed by atoms with van der Waals surface area (Å²) in [5.74, 6) is -1.36. The van der Waals surface area contributed by atoms with Crippen molar-refractivity contribution >= 4 is 25.9 Å². The molecule has 0 amide bonds. The monoisotopic (exact) mass is 299 g/mol. The molecule has 1 rings (SSSR count). The smallest absolute Gasteiger partial charge is 0.281 e. The number of benzene rings is 1. The summed E-state index contributed by atoms with van der Waals surface area (Å²) >= 11 is 0. The lowest BCUT2D eigenvalue weighted by Crippen LogP contribution is -2.17. The van der Waals surface area contributed by atoms with Crippen molar-refractivity contribution < 1.29 is 25.1 Å². The van der Waals surface area contributed by atoms with Crippen LogP contribution >= 0.6 is 0 Å². The molecule has 0 heterocycles. The van der Waals surface area contributed by atoms with Crippen LogP contribution in [-0.4, -0.2) is 22.6 Å². The minimum Gasteiger partial charge on any atom is -0.281 e. The highest BCUT2D eigenvalue weighted by Gasteiger charge is 2.17. The molecule has 0 atom stereocenters. The van der Waals surface area contributed by atoms with E-state index in [9.17, 15) is 25.1 Å². The molecule has 0 fully saturated rings. The number of halogens is 2. The highest BCUT2D eigenvalue weighted by Crippen LogP contribution is 2.21. The quantitative estimate of drug-likeness (QED) is 0.838. The molecule has 0 saturated carbocycles. The van der Waals surface area contributed by atoms with E-state index in [1.54, 1.807) is 6.92 Å². The van der Waals surface area contributed by atoms with Gasteiger partial charge in [0.25, 0.3) is 0 Å². The summed E-state index contributed by atoms with van der Waals surface area (Å²) in [6.07, 6.45) is 0.341. The lowest BCUT2D eigenvalue weighted by Gasteiger charge is -2.08. The van der Waals surface area contributed by atoms with E-state index in [4.69, 9.17) is 0 Å². The van der Waals surface area contributed by atoms with Crippen molar-refractivity contribution in [3.8, 4) is 0 Å². The molecule has 0 unspecified atom stereocenters. The van der Waals surface area contributed by atoms with E-state index in [0.717, 1.165) is 12.1 Å². The van der Waals surface area contributed by atoms with Crippen molar-refractivity contribution in [2.24, 2.45) is 0 Å². The van der Waals surface area contributed by atoms with E-state index in [2.05, 4.69) is 0 Å². The fraction of sp³-hybridized carbons (Fsp3) is 0.333. The van der Waals surface area contributed by atoms with Crippen molar-refractivity contribution in [1.82, 2.24) is 0 Å². The highest BCUT2D eigenvalue weighted by atomic mass is 32.3. The molecule has 0 aliphatic rings. The lowest BCUT2D eigenvalue weighted by atomic mass is 10.3. The van der Waals surface area contributed by atoms with E-state index in [1.807, 2.05) is 4.72 Å². The first-order chi connectivity index (χ1) is 8.15. The maximum absolute atomic E-state index is 13.4. The van der Waals surface area contributed by atoms with Gasteiger partial charge in [-0.05, 0) is 24.6 Å². The molecule has 0 aliphatic carbocycles. The Kier molecular flexibility index (Phi) is 4.28. The number of sulfonamides is 1. The lowest BCUT2D eigenvalue weighted by molar-refractivity contribution is 0.549. The first-order valence-electron chi connectivity index (χ1n) is 4.90. The van der Waals surface area contributed by atoms with Crippen LogP contribution in [-0.2, 0) is 20.2 Å². The molecular weight excluding hydrogens is 288 g/mol. The van der Waals surface area contributed by atoms with Gasteiger partial charge in [0.15, 0.2) is 0 Å². The Hall–Kier alpha value is -1.22. The topological polar surface area (TPSA) is 80.3 Å². The summed E-state index contributed by atoms with van der Waals surface area (Å²) in [5.41, 5.74) is -0.421. The van der Waals surface area contributed by atoms with Crippen molar-refractivity contribution in [3.63, 3.8) is 0 Å². The molecule has 1 aromatic carbocycles. The Labute approximate surface area is 104 Å². The van der Waals surface area contributed by atoms with Crippen LogP contribution in [0.1, 0.15) is 13.3 Å². The molecule has 0 spiro atoms. The summed E-state index contributed by atoms with van der Waals surface area (Å²) in [5, 5.41) is 0. The molecule has 0 bridgehead atoms. The fourth-order valence-corrected chi connectivity index (χ4v) is 2.83. The Morgan fingerprint density at radius 1 is 1.22 bits per heavy atom. The van der Waals surface area contributed by atoms with Gasteiger partial charge in [-0.2, -0.15) is 8.42 Å². The Balaban J connectivity index is 3.08. The van der Waals surface area contributed by atoms with E-state index >= 15 is 0 Å². The van der Waals surface area contributed by atoms with Crippen molar-refractivity contribution in [3.05, 3.63) is 24.0 Å². The molecule has 0 radical (unpaired) electrons. The molecule has 102 valence electrons. The number of hydrogen-bond acceptors (Lipinski definition) is 4. The van der Waals surface area contributed by atoms with Gasteiger partial charge < -0.3 is 0 Å². The summed E-state index contributed by atoms with van der Waals surface area (Å²) in [6.45, 7) is 1.63. The van der Waals surface area contributed by atoms with Crippen LogP contribution in [0.15, 0.2) is 23.1 Å². The Morgan fingerprint density at radius 2 is 1.83 bits per heavy atom. The predicted molar refractivity (Wildman–Crippen MR) is 62.4 cm³/mol. The molecule has 9 heteroatoms. The molecule has 18 heavy (non-hydrogen) atoms. The van der Waals surface area contributed by atoms with Crippen molar-refractivity contribution in [2.45, 2.75) is 18.2 Å². The first kappa shape index (κ1) is 14.8. The van der Waals surface area contributed by atoms with Crippen LogP contribution < -0.4 is 4.72 Å². The van der Waals surface area contributed by atoms with E-state index in [-0.39, 0.29) is 5.75 Å². The molecular formula is C9H11F2NO4S2. The first-order valence-corrected chi connectivity index (χ1v) is 7.94. The van der Waals surface area contributed by atoms with Gasteiger partial charge in [0.05, 0.1) is 11.4 Å². The van der Waals surface area contributed by atoms with Gasteiger partial charge in [0.2, 0.25) is 10.0 Å². The summed E-state index contributed by atoms with van der Waals surface area (Å²) < 4.78 is 71.6. The molecule has 0 aromatic heterocycles. The van der Waals surface area contributed by atoms with Gasteiger partial charge in [0.1, 0.15) is 10.7 Å². The number of anilines is 1. The second-order valence-corrected chi connectivity index (χ2v) is 6.69. The Morgan fingerprint density at radius 3 is 2.28 bits per heavy atom. The normalized spacial score (nSPS) is 12.4. The minimum absolute atomic E-state index is 0.199. The van der Waals surface area contributed by atoms with Crippen LogP contribution in [0.4, 0.5) is 14.0 Å². The molecule has 1 N–H and O–H groups in total. The van der Waals surface area contributed by atoms with Crippen LogP contribution in [0, 0.1) is 5.82 Å². The third-order valence-electron chi connectivity index (χ3n) is 1.96. The van der Waals surface area contributed by atoms with Gasteiger partial charge >= 0.3 is 10.2 Å². The molecule has 0 saturated heterocycles. The minimum atomic E-state index is -5.01. The third-order valence-corrected chi connectivity index (χ3v) is 4.25. The SMILES string of the molecule is CCCS(=O)(=O)Nc1ccc(S(=O)(=O)F)cc1F. The number of hydrogen-bond donors (Lipinski definition) is 1. The molecule has 0 aliphatic heterocycles. The summed E-state index contributed by atoms with van der Waals surface area (Å²) in [7, 11) is -8.70. The van der Waals surface area contributed by atoms with Gasteiger partial charge in [-0.15, -0.1) is 3.89 Å². The van der Waals surface area contributed by atoms with Crippen LogP contribution in [0.3, 0.4) is 0 Å². The standard InChI is InChI=1S/C9H11F2NO4S2/c1-2-5-17(13,14)12-9-4-3-7(6-8(9)10)18(11,15)16/h3-4,6,12H,2,5H2,1H3. The van der Waals surface area contributed by atoms with Gasteiger partial charge in [-0.25, -0.2) is 12.8 Å². The molecule has 1 aromatic rings. The zero-order valence-corrected chi connectivity index (χ0v) is 11.0. The highest BCUT2D eigenvalue weighted by molar-refractivity contribution is 7.92. The summed E-state index contributed by atoms with van der Waals surface area (Å²) in [4.78, 5) is -0.863. The zero-order valence-electron chi connectivity index (χ0n) is 9.35. The predicted octanol–water partition coefficient (Wildman–Crippen LogP) is 1.64. The molecule has 5 nitrogen and oxygen atoms in total. The zero-order chi connectivity index (χ0) is 14.0. The van der Waals surface area contributed by atoms with Crippen LogP contribution in [0.25, 0.3) is 0 Å². The largest absolute Gasteiger partial charge is 0.332 e. The Bertz CT molecular complexity index is 641. The second-order valence-electron chi connectivity index (χ2n) is 3.50. The van der Waals surface area contributed by atoms with E-state index in [0.29, 0.717) is 12.5 Å². The second kappa shape index (κ2) is 5.19. The third kappa shape index (κ3) is 3.91. The average Bonchev–Trinajstić information content (AvgIpc) is 2.19. The number of nitrogens with one attached hydrogen (secondary N) is 1. The van der Waals surface area contributed by atoms with Crippen LogP contribution in [0.2, 0.25) is 0 Å². The van der Waals surface area contributed by atoms with E-state index < -0.39 is 36.6 Å². The van der Waals surface area contributed by atoms with Gasteiger partial charge in [-0.1, -0.05) is 6.92 Å². The fourth-order valence-electron chi connectivity index (χ4n) is 1.22. The van der Waals surface area contributed by atoms with Crippen LogP contribution in [0.5, 0.6) is 0 Å². The number of rotatable bonds is 5. The van der Waals surface area contributed by atoms with Gasteiger partial charge in [0, 0.05) is 0 Å². The van der Waals surface area contributed by atoms with Crippen molar-refractivity contribution in [1.29, 1.82) is 0 Å². The summed E-state index contributed by atoms with van der Waals surface area (Å²) in [6, 6.07) is 2.05. The maximum atomic E-state index is 13.4. The van der Waals surface area contributed by atoms with Crippen molar-refractivity contribution in [2.75, 3.05) is 10.5 Å².